The molecule has 1 aromatic carbocycles. The minimum atomic E-state index is 0.645. The quantitative estimate of drug-likeness (QED) is 0.859. The van der Waals surface area contributed by atoms with Gasteiger partial charge < -0.3 is 15.0 Å². The molecular weight excluding hydrogens is 248 g/mol. The van der Waals surface area contributed by atoms with Crippen molar-refractivity contribution in [3.8, 4) is 5.75 Å². The zero-order valence-electron chi connectivity index (χ0n) is 13.1. The largest absolute Gasteiger partial charge is 0.492 e. The van der Waals surface area contributed by atoms with Crippen molar-refractivity contribution in [3.63, 3.8) is 0 Å². The molecule has 0 saturated heterocycles. The first kappa shape index (κ1) is 15.2. The molecule has 0 aliphatic heterocycles. The van der Waals surface area contributed by atoms with Crippen molar-refractivity contribution in [2.75, 3.05) is 32.6 Å². The zero-order valence-corrected chi connectivity index (χ0v) is 13.1. The van der Waals surface area contributed by atoms with Crippen LogP contribution in [0.3, 0.4) is 0 Å². The Morgan fingerprint density at radius 2 is 1.75 bits per heavy atom. The molecule has 0 spiro atoms. The smallest absolute Gasteiger partial charge is 0.119 e. The molecular formula is C17H28N2O. The van der Waals surface area contributed by atoms with Crippen LogP contribution in [-0.2, 0) is 0 Å². The molecule has 112 valence electrons. The van der Waals surface area contributed by atoms with Crippen molar-refractivity contribution < 1.29 is 4.74 Å². The number of hydrogen-bond donors (Lipinski definition) is 1. The summed E-state index contributed by atoms with van der Waals surface area (Å²) in [6.07, 6.45) is 5.29. The number of anilines is 1. The fourth-order valence-corrected chi connectivity index (χ4v) is 2.63. The highest BCUT2D eigenvalue weighted by Crippen LogP contribution is 2.26. The second-order valence-corrected chi connectivity index (χ2v) is 6.28. The van der Waals surface area contributed by atoms with Crippen LogP contribution in [0.2, 0.25) is 0 Å². The fraction of sp³-hybridized carbons (Fsp3) is 0.647. The molecule has 1 saturated carbocycles. The first-order valence-electron chi connectivity index (χ1n) is 7.77. The summed E-state index contributed by atoms with van der Waals surface area (Å²) in [6.45, 7) is 4.04. The van der Waals surface area contributed by atoms with Gasteiger partial charge in [0, 0.05) is 18.3 Å². The zero-order chi connectivity index (χ0) is 14.4. The summed E-state index contributed by atoms with van der Waals surface area (Å²) in [4.78, 5) is 2.12. The van der Waals surface area contributed by atoms with Crippen LogP contribution in [0.15, 0.2) is 24.3 Å². The van der Waals surface area contributed by atoms with E-state index >= 15 is 0 Å². The van der Waals surface area contributed by atoms with E-state index in [2.05, 4.69) is 55.5 Å². The molecule has 0 unspecified atom stereocenters. The van der Waals surface area contributed by atoms with Gasteiger partial charge in [-0.05, 0) is 70.0 Å². The van der Waals surface area contributed by atoms with Crippen LogP contribution in [0.25, 0.3) is 0 Å². The lowest BCUT2D eigenvalue weighted by molar-refractivity contribution is 0.261. The lowest BCUT2D eigenvalue weighted by atomic mass is 9.87. The lowest BCUT2D eigenvalue weighted by Gasteiger charge is -2.27. The Kier molecular flexibility index (Phi) is 5.72. The molecule has 0 heterocycles. The van der Waals surface area contributed by atoms with Gasteiger partial charge in [-0.3, -0.25) is 0 Å². The van der Waals surface area contributed by atoms with Crippen molar-refractivity contribution >= 4 is 5.69 Å². The summed E-state index contributed by atoms with van der Waals surface area (Å²) in [5.41, 5.74) is 1.21. The van der Waals surface area contributed by atoms with Gasteiger partial charge in [-0.15, -0.1) is 0 Å². The second-order valence-electron chi connectivity index (χ2n) is 6.28. The Bertz CT molecular complexity index is 380. The molecule has 3 heteroatoms. The standard InChI is InChI=1S/C17H28N2O/c1-14-4-6-15(7-5-14)18-16-8-10-17(11-9-16)20-13-12-19(2)3/h8-11,14-15,18H,4-7,12-13H2,1-3H3. The first-order chi connectivity index (χ1) is 9.63. The van der Waals surface area contributed by atoms with E-state index in [1.54, 1.807) is 0 Å². The maximum absolute atomic E-state index is 5.71. The molecule has 2 rings (SSSR count). The van der Waals surface area contributed by atoms with Gasteiger partial charge in [-0.2, -0.15) is 0 Å². The van der Waals surface area contributed by atoms with E-state index in [9.17, 15) is 0 Å². The Hall–Kier alpha value is -1.22. The summed E-state index contributed by atoms with van der Waals surface area (Å²) < 4.78 is 5.71. The summed E-state index contributed by atoms with van der Waals surface area (Å²) >= 11 is 0. The average molecular weight is 276 g/mol. The van der Waals surface area contributed by atoms with E-state index in [1.807, 2.05) is 0 Å². The predicted molar refractivity (Wildman–Crippen MR) is 85.5 cm³/mol. The van der Waals surface area contributed by atoms with E-state index in [-0.39, 0.29) is 0 Å². The monoisotopic (exact) mass is 276 g/mol. The summed E-state index contributed by atoms with van der Waals surface area (Å²) in [6, 6.07) is 9.02. The third kappa shape index (κ3) is 5.04. The molecule has 1 aliphatic rings. The summed E-state index contributed by atoms with van der Waals surface area (Å²) in [5, 5.41) is 3.64. The SMILES string of the molecule is CC1CCC(Nc2ccc(OCCN(C)C)cc2)CC1. The predicted octanol–water partition coefficient (Wildman–Crippen LogP) is 3.62. The van der Waals surface area contributed by atoms with Crippen LogP contribution in [0.5, 0.6) is 5.75 Å². The highest BCUT2D eigenvalue weighted by molar-refractivity contribution is 5.47. The van der Waals surface area contributed by atoms with Crippen molar-refractivity contribution in [3.05, 3.63) is 24.3 Å². The van der Waals surface area contributed by atoms with Crippen molar-refractivity contribution in [1.29, 1.82) is 0 Å². The number of ether oxygens (including phenoxy) is 1. The van der Waals surface area contributed by atoms with Gasteiger partial charge in [-0.1, -0.05) is 6.92 Å². The molecule has 20 heavy (non-hydrogen) atoms. The molecule has 3 nitrogen and oxygen atoms in total. The van der Waals surface area contributed by atoms with Gasteiger partial charge >= 0.3 is 0 Å². The van der Waals surface area contributed by atoms with Crippen molar-refractivity contribution in [2.45, 2.75) is 38.6 Å². The summed E-state index contributed by atoms with van der Waals surface area (Å²) in [5.74, 6) is 1.86. The molecule has 1 N–H and O–H groups in total. The minimum Gasteiger partial charge on any atom is -0.492 e. The molecule has 1 aliphatic carbocycles. The maximum atomic E-state index is 5.71. The van der Waals surface area contributed by atoms with E-state index in [4.69, 9.17) is 4.74 Å². The molecule has 0 amide bonds. The van der Waals surface area contributed by atoms with Crippen LogP contribution >= 0.6 is 0 Å². The van der Waals surface area contributed by atoms with E-state index < -0.39 is 0 Å². The highest BCUT2D eigenvalue weighted by Gasteiger charge is 2.17. The Morgan fingerprint density at radius 3 is 2.35 bits per heavy atom. The molecule has 0 bridgehead atoms. The van der Waals surface area contributed by atoms with E-state index in [0.29, 0.717) is 6.04 Å². The van der Waals surface area contributed by atoms with Crippen molar-refractivity contribution in [1.82, 2.24) is 4.90 Å². The second kappa shape index (κ2) is 7.53. The van der Waals surface area contributed by atoms with Crippen molar-refractivity contribution in [2.24, 2.45) is 5.92 Å². The fourth-order valence-electron chi connectivity index (χ4n) is 2.63. The first-order valence-corrected chi connectivity index (χ1v) is 7.77. The van der Waals surface area contributed by atoms with Crippen LogP contribution in [-0.4, -0.2) is 38.2 Å². The van der Waals surface area contributed by atoms with E-state index in [0.717, 1.165) is 24.8 Å². The van der Waals surface area contributed by atoms with Gasteiger partial charge in [0.15, 0.2) is 0 Å². The van der Waals surface area contributed by atoms with Crippen LogP contribution in [0, 0.1) is 5.92 Å². The molecule has 1 fully saturated rings. The molecule has 0 radical (unpaired) electrons. The Balaban J connectivity index is 1.76. The Labute approximate surface area is 123 Å². The number of nitrogens with zero attached hydrogens (tertiary/aromatic N) is 1. The van der Waals surface area contributed by atoms with Crippen LogP contribution < -0.4 is 10.1 Å². The topological polar surface area (TPSA) is 24.5 Å². The number of rotatable bonds is 6. The molecule has 0 aromatic heterocycles. The highest BCUT2D eigenvalue weighted by atomic mass is 16.5. The third-order valence-electron chi connectivity index (χ3n) is 4.05. The third-order valence-corrected chi connectivity index (χ3v) is 4.05. The molecule has 1 aromatic rings. The van der Waals surface area contributed by atoms with Gasteiger partial charge in [0.1, 0.15) is 12.4 Å². The maximum Gasteiger partial charge on any atom is 0.119 e. The number of nitrogens with one attached hydrogen (secondary N) is 1. The van der Waals surface area contributed by atoms with Gasteiger partial charge in [-0.25, -0.2) is 0 Å². The van der Waals surface area contributed by atoms with Crippen LogP contribution in [0.1, 0.15) is 32.6 Å². The number of hydrogen-bond acceptors (Lipinski definition) is 3. The number of likely N-dealkylation sites (N-methyl/N-ethyl adjacent to an activating group) is 1. The molecule has 0 atom stereocenters. The normalized spacial score (nSPS) is 22.8. The number of benzene rings is 1. The van der Waals surface area contributed by atoms with Crippen LogP contribution in [0.4, 0.5) is 5.69 Å². The average Bonchev–Trinajstić information content (AvgIpc) is 2.43. The van der Waals surface area contributed by atoms with E-state index in [1.165, 1.54) is 31.4 Å². The Morgan fingerprint density at radius 1 is 1.10 bits per heavy atom. The summed E-state index contributed by atoms with van der Waals surface area (Å²) in [7, 11) is 4.11. The van der Waals surface area contributed by atoms with Gasteiger partial charge in [0.2, 0.25) is 0 Å². The van der Waals surface area contributed by atoms with Gasteiger partial charge in [0.25, 0.3) is 0 Å². The lowest BCUT2D eigenvalue weighted by Crippen LogP contribution is -2.25. The van der Waals surface area contributed by atoms with Gasteiger partial charge in [0.05, 0.1) is 0 Å². The minimum absolute atomic E-state index is 0.645.